The maximum absolute atomic E-state index is 12.3. The van der Waals surface area contributed by atoms with Gasteiger partial charge in [-0.3, -0.25) is 0 Å². The lowest BCUT2D eigenvalue weighted by atomic mass is 9.75. The van der Waals surface area contributed by atoms with Crippen LogP contribution in [-0.4, -0.2) is 13.2 Å². The van der Waals surface area contributed by atoms with E-state index in [0.717, 1.165) is 15.6 Å². The molecule has 0 aliphatic carbocycles. The number of alkyl halides is 2. The molecule has 1 heterocycles. The Balaban J connectivity index is 2.04. The Morgan fingerprint density at radius 1 is 1.13 bits per heavy atom. The Hall–Kier alpha value is -2.08. The summed E-state index contributed by atoms with van der Waals surface area (Å²) in [5, 5.41) is 3.15. The van der Waals surface area contributed by atoms with Gasteiger partial charge in [0.05, 0.1) is 11.2 Å². The highest BCUT2D eigenvalue weighted by molar-refractivity contribution is 9.10. The summed E-state index contributed by atoms with van der Waals surface area (Å²) in [5.74, 6) is 0.730. The zero-order valence-electron chi connectivity index (χ0n) is 12.1. The molecule has 3 nitrogen and oxygen atoms in total. The summed E-state index contributed by atoms with van der Waals surface area (Å²) in [7, 11) is 0. The standard InChI is InChI=1S/C17H15BrF2N2O/c18-13-3-1-2-12(8-13)17(9-15(21)22-10-17)11-4-6-14(7-5-11)23-16(19)20/h1-9,16,22H,10,21H2. The van der Waals surface area contributed by atoms with Crippen molar-refractivity contribution < 1.29 is 13.5 Å². The molecule has 0 fully saturated rings. The largest absolute Gasteiger partial charge is 0.435 e. The van der Waals surface area contributed by atoms with Gasteiger partial charge < -0.3 is 15.8 Å². The van der Waals surface area contributed by atoms with Crippen LogP contribution in [-0.2, 0) is 5.41 Å². The lowest BCUT2D eigenvalue weighted by Crippen LogP contribution is -2.31. The van der Waals surface area contributed by atoms with Gasteiger partial charge in [-0.2, -0.15) is 8.78 Å². The second kappa shape index (κ2) is 6.20. The van der Waals surface area contributed by atoms with Gasteiger partial charge in [0.1, 0.15) is 5.75 Å². The van der Waals surface area contributed by atoms with E-state index in [9.17, 15) is 8.78 Å². The first-order valence-electron chi connectivity index (χ1n) is 7.03. The third-order valence-electron chi connectivity index (χ3n) is 3.91. The highest BCUT2D eigenvalue weighted by Gasteiger charge is 2.36. The molecule has 1 unspecified atom stereocenters. The quantitative estimate of drug-likeness (QED) is 0.849. The minimum Gasteiger partial charge on any atom is -0.435 e. The highest BCUT2D eigenvalue weighted by atomic mass is 79.9. The molecule has 0 bridgehead atoms. The highest BCUT2D eigenvalue weighted by Crippen LogP contribution is 2.38. The molecule has 6 heteroatoms. The molecular weight excluding hydrogens is 366 g/mol. The predicted octanol–water partition coefficient (Wildman–Crippen LogP) is 3.74. The topological polar surface area (TPSA) is 47.3 Å². The van der Waals surface area contributed by atoms with Crippen molar-refractivity contribution in [3.8, 4) is 5.75 Å². The molecule has 0 aromatic heterocycles. The van der Waals surface area contributed by atoms with E-state index in [0.29, 0.717) is 12.4 Å². The Morgan fingerprint density at radius 2 is 1.87 bits per heavy atom. The Kier molecular flexibility index (Phi) is 4.26. The molecule has 0 spiro atoms. The van der Waals surface area contributed by atoms with Crippen molar-refractivity contribution >= 4 is 15.9 Å². The van der Waals surface area contributed by atoms with Crippen molar-refractivity contribution in [2.24, 2.45) is 5.73 Å². The summed E-state index contributed by atoms with van der Waals surface area (Å²) >= 11 is 3.48. The van der Waals surface area contributed by atoms with Crippen molar-refractivity contribution in [2.75, 3.05) is 6.54 Å². The molecule has 0 saturated heterocycles. The molecule has 1 atom stereocenters. The van der Waals surface area contributed by atoms with Crippen molar-refractivity contribution in [2.45, 2.75) is 12.0 Å². The van der Waals surface area contributed by atoms with Gasteiger partial charge in [0.25, 0.3) is 0 Å². The summed E-state index contributed by atoms with van der Waals surface area (Å²) in [4.78, 5) is 0. The van der Waals surface area contributed by atoms with Crippen LogP contribution in [0.1, 0.15) is 11.1 Å². The third-order valence-corrected chi connectivity index (χ3v) is 4.40. The number of halogens is 3. The molecular formula is C17H15BrF2N2O. The zero-order chi connectivity index (χ0) is 16.4. The van der Waals surface area contributed by atoms with Crippen LogP contribution in [0.15, 0.2) is 64.9 Å². The lowest BCUT2D eigenvalue weighted by Gasteiger charge is -2.28. The number of rotatable bonds is 4. The maximum Gasteiger partial charge on any atom is 0.387 e. The summed E-state index contributed by atoms with van der Waals surface area (Å²) in [6, 6.07) is 14.6. The van der Waals surface area contributed by atoms with Crippen molar-refractivity contribution in [3.05, 3.63) is 76.0 Å². The summed E-state index contributed by atoms with van der Waals surface area (Å²) < 4.78 is 30.0. The molecule has 3 N–H and O–H groups in total. The van der Waals surface area contributed by atoms with Crippen LogP contribution in [0.3, 0.4) is 0 Å². The molecule has 1 aliphatic heterocycles. The first-order chi connectivity index (χ1) is 11.0. The van der Waals surface area contributed by atoms with Gasteiger partial charge in [-0.1, -0.05) is 40.2 Å². The summed E-state index contributed by atoms with van der Waals surface area (Å²) in [6.07, 6.45) is 1.96. The summed E-state index contributed by atoms with van der Waals surface area (Å²) in [6.45, 7) is -2.23. The zero-order valence-corrected chi connectivity index (χ0v) is 13.7. The average Bonchev–Trinajstić information content (AvgIpc) is 2.91. The molecule has 3 rings (SSSR count). The van der Waals surface area contributed by atoms with Crippen LogP contribution >= 0.6 is 15.9 Å². The van der Waals surface area contributed by atoms with Crippen molar-refractivity contribution in [3.63, 3.8) is 0 Å². The van der Waals surface area contributed by atoms with Gasteiger partial charge in [0.2, 0.25) is 0 Å². The second-order valence-corrected chi connectivity index (χ2v) is 6.25. The van der Waals surface area contributed by atoms with Crippen LogP contribution in [0.5, 0.6) is 5.75 Å². The number of ether oxygens (including phenoxy) is 1. The number of hydrogen-bond acceptors (Lipinski definition) is 3. The molecule has 2 aromatic rings. The maximum atomic E-state index is 12.3. The predicted molar refractivity (Wildman–Crippen MR) is 88.3 cm³/mol. The number of benzene rings is 2. The molecule has 120 valence electrons. The lowest BCUT2D eigenvalue weighted by molar-refractivity contribution is -0.0498. The Bertz CT molecular complexity index is 734. The van der Waals surface area contributed by atoms with E-state index in [1.165, 1.54) is 0 Å². The normalized spacial score (nSPS) is 20.3. The van der Waals surface area contributed by atoms with Gasteiger partial charge in [0.15, 0.2) is 0 Å². The number of nitrogens with one attached hydrogen (secondary N) is 1. The van der Waals surface area contributed by atoms with Gasteiger partial charge in [-0.25, -0.2) is 0 Å². The minimum atomic E-state index is -2.83. The van der Waals surface area contributed by atoms with Gasteiger partial charge >= 0.3 is 6.61 Å². The first kappa shape index (κ1) is 15.8. The van der Waals surface area contributed by atoms with E-state index in [1.807, 2.05) is 30.3 Å². The number of hydrogen-bond donors (Lipinski definition) is 2. The van der Waals surface area contributed by atoms with E-state index in [2.05, 4.69) is 26.0 Å². The van der Waals surface area contributed by atoms with Gasteiger partial charge in [0, 0.05) is 11.0 Å². The molecule has 0 amide bonds. The van der Waals surface area contributed by atoms with E-state index in [-0.39, 0.29) is 5.75 Å². The monoisotopic (exact) mass is 380 g/mol. The van der Waals surface area contributed by atoms with Crippen LogP contribution in [0, 0.1) is 0 Å². The molecule has 2 aromatic carbocycles. The summed E-state index contributed by atoms with van der Waals surface area (Å²) in [5.41, 5.74) is 7.49. The van der Waals surface area contributed by atoms with Gasteiger partial charge in [-0.05, 0) is 41.5 Å². The Labute approximate surface area is 141 Å². The minimum absolute atomic E-state index is 0.135. The van der Waals surface area contributed by atoms with Crippen LogP contribution in [0.25, 0.3) is 0 Å². The van der Waals surface area contributed by atoms with Crippen LogP contribution in [0.2, 0.25) is 0 Å². The average molecular weight is 381 g/mol. The third kappa shape index (κ3) is 3.17. The van der Waals surface area contributed by atoms with Crippen LogP contribution in [0.4, 0.5) is 8.78 Å². The molecule has 23 heavy (non-hydrogen) atoms. The molecule has 0 radical (unpaired) electrons. The fourth-order valence-electron chi connectivity index (χ4n) is 2.85. The van der Waals surface area contributed by atoms with E-state index in [1.54, 1.807) is 24.3 Å². The van der Waals surface area contributed by atoms with Gasteiger partial charge in [-0.15, -0.1) is 0 Å². The Morgan fingerprint density at radius 3 is 2.43 bits per heavy atom. The smallest absolute Gasteiger partial charge is 0.387 e. The first-order valence-corrected chi connectivity index (χ1v) is 7.82. The van der Waals surface area contributed by atoms with Crippen LogP contribution < -0.4 is 15.8 Å². The molecule has 1 aliphatic rings. The molecule has 0 saturated carbocycles. The fraction of sp³-hybridized carbons (Fsp3) is 0.176. The van der Waals surface area contributed by atoms with Crippen molar-refractivity contribution in [1.82, 2.24) is 5.32 Å². The second-order valence-electron chi connectivity index (χ2n) is 5.34. The van der Waals surface area contributed by atoms with Crippen molar-refractivity contribution in [1.29, 1.82) is 0 Å². The van der Waals surface area contributed by atoms with E-state index in [4.69, 9.17) is 5.73 Å². The van der Waals surface area contributed by atoms with E-state index < -0.39 is 12.0 Å². The SMILES string of the molecule is NC1=CC(c2ccc(OC(F)F)cc2)(c2cccc(Br)c2)CN1. The van der Waals surface area contributed by atoms with E-state index >= 15 is 0 Å². The fourth-order valence-corrected chi connectivity index (χ4v) is 3.25. The number of nitrogens with two attached hydrogens (primary N) is 1.